The average Bonchev–Trinajstić information content (AvgIpc) is 2.79. The van der Waals surface area contributed by atoms with Crippen LogP contribution in [0, 0.1) is 17.5 Å². The Kier molecular flexibility index (Phi) is 9.59. The molecule has 2 aromatic rings. The van der Waals surface area contributed by atoms with Gasteiger partial charge in [0.1, 0.15) is 6.54 Å². The predicted octanol–water partition coefficient (Wildman–Crippen LogP) is 5.06. The highest BCUT2D eigenvalue weighted by Gasteiger charge is 2.19. The Morgan fingerprint density at radius 2 is 1.88 bits per heavy atom. The van der Waals surface area contributed by atoms with Gasteiger partial charge in [-0.25, -0.2) is 13.2 Å². The molecule has 178 valence electrons. The molecule has 0 bridgehead atoms. The number of amides is 2. The van der Waals surface area contributed by atoms with Gasteiger partial charge in [0, 0.05) is 12.6 Å². The Hall–Kier alpha value is -3.20. The molecule has 0 aliphatic heterocycles. The Labute approximate surface area is 194 Å². The standard InChI is InChI=1S/C23H24ClF3N2O4/c1-4-10-29(13-19(30)28-17-8-7-16(25)21(26)22(17)27)20(31)9-6-14-11-15(24)23(33-5-2)18(12-14)32-3/h6-9,11-12H,4-5,10,13H2,1-3H3,(H,28,30)/b9-6+. The topological polar surface area (TPSA) is 67.9 Å². The van der Waals surface area contributed by atoms with E-state index in [4.69, 9.17) is 21.1 Å². The van der Waals surface area contributed by atoms with Crippen LogP contribution in [0.5, 0.6) is 11.5 Å². The number of ether oxygens (including phenoxy) is 2. The highest BCUT2D eigenvalue weighted by molar-refractivity contribution is 6.32. The van der Waals surface area contributed by atoms with Crippen LogP contribution < -0.4 is 14.8 Å². The molecule has 0 radical (unpaired) electrons. The number of halogens is 4. The summed E-state index contributed by atoms with van der Waals surface area (Å²) in [6.45, 7) is 3.84. The number of carbonyl (C=O) groups is 2. The van der Waals surface area contributed by atoms with Crippen molar-refractivity contribution in [2.45, 2.75) is 20.3 Å². The van der Waals surface area contributed by atoms with Crippen molar-refractivity contribution in [3.8, 4) is 11.5 Å². The number of benzene rings is 2. The minimum atomic E-state index is -1.69. The number of rotatable bonds is 10. The van der Waals surface area contributed by atoms with Gasteiger partial charge >= 0.3 is 0 Å². The summed E-state index contributed by atoms with van der Waals surface area (Å²) >= 11 is 6.23. The second-order valence-corrected chi connectivity index (χ2v) is 7.24. The highest BCUT2D eigenvalue weighted by atomic mass is 35.5. The van der Waals surface area contributed by atoms with Crippen molar-refractivity contribution in [3.05, 3.63) is 58.4 Å². The predicted molar refractivity (Wildman–Crippen MR) is 120 cm³/mol. The van der Waals surface area contributed by atoms with Crippen molar-refractivity contribution >= 4 is 35.2 Å². The van der Waals surface area contributed by atoms with E-state index in [9.17, 15) is 22.8 Å². The van der Waals surface area contributed by atoms with Gasteiger partial charge < -0.3 is 19.7 Å². The first-order valence-corrected chi connectivity index (χ1v) is 10.5. The Balaban J connectivity index is 2.13. The van der Waals surface area contributed by atoms with E-state index < -0.39 is 41.5 Å². The number of anilines is 1. The lowest BCUT2D eigenvalue weighted by Crippen LogP contribution is -2.37. The lowest BCUT2D eigenvalue weighted by atomic mass is 10.1. The minimum Gasteiger partial charge on any atom is -0.493 e. The molecule has 10 heteroatoms. The summed E-state index contributed by atoms with van der Waals surface area (Å²) in [6, 6.07) is 4.84. The zero-order valence-corrected chi connectivity index (χ0v) is 19.1. The summed E-state index contributed by atoms with van der Waals surface area (Å²) in [5.74, 6) is -5.04. The first-order valence-electron chi connectivity index (χ1n) is 10.1. The van der Waals surface area contributed by atoms with Gasteiger partial charge in [-0.05, 0) is 49.2 Å². The van der Waals surface area contributed by atoms with Crippen molar-refractivity contribution in [1.29, 1.82) is 0 Å². The fraction of sp³-hybridized carbons (Fsp3) is 0.304. The fourth-order valence-electron chi connectivity index (χ4n) is 2.92. The van der Waals surface area contributed by atoms with Crippen molar-refractivity contribution in [3.63, 3.8) is 0 Å². The van der Waals surface area contributed by atoms with E-state index in [0.29, 0.717) is 41.2 Å². The number of hydrogen-bond donors (Lipinski definition) is 1. The minimum absolute atomic E-state index is 0.240. The summed E-state index contributed by atoms with van der Waals surface area (Å²) in [5, 5.41) is 2.46. The van der Waals surface area contributed by atoms with Gasteiger partial charge in [-0.3, -0.25) is 9.59 Å². The molecule has 6 nitrogen and oxygen atoms in total. The van der Waals surface area contributed by atoms with Crippen LogP contribution >= 0.6 is 11.6 Å². The molecule has 0 aromatic heterocycles. The van der Waals surface area contributed by atoms with E-state index in [1.165, 1.54) is 24.2 Å². The van der Waals surface area contributed by atoms with Crippen LogP contribution in [0.1, 0.15) is 25.8 Å². The molecule has 2 aromatic carbocycles. The third-order valence-electron chi connectivity index (χ3n) is 4.41. The molecule has 0 aliphatic carbocycles. The van der Waals surface area contributed by atoms with Crippen LogP contribution in [0.2, 0.25) is 5.02 Å². The molecule has 2 rings (SSSR count). The van der Waals surface area contributed by atoms with Crippen molar-refractivity contribution in [1.82, 2.24) is 4.90 Å². The van der Waals surface area contributed by atoms with Gasteiger partial charge in [0.15, 0.2) is 29.0 Å². The lowest BCUT2D eigenvalue weighted by Gasteiger charge is -2.20. The molecule has 0 heterocycles. The summed E-state index contributed by atoms with van der Waals surface area (Å²) in [5.41, 5.74) is 0.0490. The van der Waals surface area contributed by atoms with E-state index in [1.54, 1.807) is 12.1 Å². The molecular weight excluding hydrogens is 461 g/mol. The second kappa shape index (κ2) is 12.2. The molecule has 0 atom stereocenters. The molecule has 0 saturated carbocycles. The largest absolute Gasteiger partial charge is 0.493 e. The number of hydrogen-bond acceptors (Lipinski definition) is 4. The van der Waals surface area contributed by atoms with Gasteiger partial charge in [-0.1, -0.05) is 18.5 Å². The molecule has 1 N–H and O–H groups in total. The zero-order valence-electron chi connectivity index (χ0n) is 18.4. The number of nitrogens with zero attached hydrogens (tertiary/aromatic N) is 1. The molecule has 0 unspecified atom stereocenters. The van der Waals surface area contributed by atoms with Crippen LogP contribution in [0.15, 0.2) is 30.3 Å². The van der Waals surface area contributed by atoms with Crippen LogP contribution in [0.4, 0.5) is 18.9 Å². The molecule has 33 heavy (non-hydrogen) atoms. The number of nitrogens with one attached hydrogen (secondary N) is 1. The van der Waals surface area contributed by atoms with Crippen LogP contribution in [-0.4, -0.2) is 43.5 Å². The summed E-state index contributed by atoms with van der Waals surface area (Å²) in [6.07, 6.45) is 3.31. The molecule has 0 fully saturated rings. The third kappa shape index (κ3) is 6.89. The monoisotopic (exact) mass is 484 g/mol. The van der Waals surface area contributed by atoms with E-state index in [-0.39, 0.29) is 6.54 Å². The summed E-state index contributed by atoms with van der Waals surface area (Å²) < 4.78 is 50.9. The Bertz CT molecular complexity index is 1050. The maximum absolute atomic E-state index is 13.8. The zero-order chi connectivity index (χ0) is 24.5. The van der Waals surface area contributed by atoms with Gasteiger partial charge in [0.2, 0.25) is 11.8 Å². The second-order valence-electron chi connectivity index (χ2n) is 6.83. The third-order valence-corrected chi connectivity index (χ3v) is 4.69. The van der Waals surface area contributed by atoms with Crippen molar-refractivity contribution in [2.75, 3.05) is 32.1 Å². The van der Waals surface area contributed by atoms with Crippen LogP contribution in [-0.2, 0) is 9.59 Å². The van der Waals surface area contributed by atoms with E-state index >= 15 is 0 Å². The maximum Gasteiger partial charge on any atom is 0.247 e. The van der Waals surface area contributed by atoms with Crippen LogP contribution in [0.3, 0.4) is 0 Å². The van der Waals surface area contributed by atoms with Crippen LogP contribution in [0.25, 0.3) is 6.08 Å². The summed E-state index contributed by atoms with van der Waals surface area (Å²) in [7, 11) is 1.46. The van der Waals surface area contributed by atoms with Gasteiger partial charge in [-0.15, -0.1) is 0 Å². The Morgan fingerprint density at radius 3 is 2.52 bits per heavy atom. The molecule has 0 spiro atoms. The normalized spacial score (nSPS) is 10.9. The molecule has 0 aliphatic rings. The van der Waals surface area contributed by atoms with Gasteiger partial charge in [0.25, 0.3) is 0 Å². The Morgan fingerprint density at radius 1 is 1.15 bits per heavy atom. The SMILES string of the molecule is CCCN(CC(=O)Nc1ccc(F)c(F)c1F)C(=O)/C=C/c1cc(Cl)c(OCC)c(OC)c1. The van der Waals surface area contributed by atoms with E-state index in [0.717, 1.165) is 6.07 Å². The summed E-state index contributed by atoms with van der Waals surface area (Å²) in [4.78, 5) is 26.2. The highest BCUT2D eigenvalue weighted by Crippen LogP contribution is 2.36. The lowest BCUT2D eigenvalue weighted by molar-refractivity contribution is -0.130. The van der Waals surface area contributed by atoms with Crippen molar-refractivity contribution < 1.29 is 32.2 Å². The van der Waals surface area contributed by atoms with E-state index in [1.807, 2.05) is 13.8 Å². The average molecular weight is 485 g/mol. The maximum atomic E-state index is 13.8. The number of methoxy groups -OCH3 is 1. The first kappa shape index (κ1) is 26.1. The quantitative estimate of drug-likeness (QED) is 0.378. The number of carbonyl (C=O) groups excluding carboxylic acids is 2. The van der Waals surface area contributed by atoms with Gasteiger partial charge in [-0.2, -0.15) is 0 Å². The molecule has 0 saturated heterocycles. The van der Waals surface area contributed by atoms with Crippen molar-refractivity contribution in [2.24, 2.45) is 0 Å². The van der Waals surface area contributed by atoms with E-state index in [2.05, 4.69) is 5.32 Å². The van der Waals surface area contributed by atoms with Gasteiger partial charge in [0.05, 0.1) is 24.4 Å². The molecule has 2 amide bonds. The first-order chi connectivity index (χ1) is 15.7. The fourth-order valence-corrected chi connectivity index (χ4v) is 3.19. The smallest absolute Gasteiger partial charge is 0.247 e. The molecular formula is C23H24ClF3N2O4.